The third-order valence-corrected chi connectivity index (χ3v) is 4.56. The smallest absolute Gasteiger partial charge is 0.258 e. The topological polar surface area (TPSA) is 67.3 Å². The van der Waals surface area contributed by atoms with Crippen molar-refractivity contribution in [2.45, 2.75) is 18.2 Å². The number of nitrogens with zero attached hydrogens (tertiary/aromatic N) is 2. The predicted octanol–water partition coefficient (Wildman–Crippen LogP) is 2.32. The molecule has 0 aliphatic carbocycles. The van der Waals surface area contributed by atoms with Crippen molar-refractivity contribution in [1.82, 2.24) is 4.98 Å². The molecule has 0 bridgehead atoms. The van der Waals surface area contributed by atoms with Gasteiger partial charge in [0.1, 0.15) is 0 Å². The first kappa shape index (κ1) is 16.2. The van der Waals surface area contributed by atoms with Gasteiger partial charge < -0.3 is 4.90 Å². The van der Waals surface area contributed by atoms with E-state index in [0.717, 1.165) is 11.8 Å². The van der Waals surface area contributed by atoms with Gasteiger partial charge in [0.15, 0.2) is 9.84 Å². The summed E-state index contributed by atoms with van der Waals surface area (Å²) in [6, 6.07) is 8.03. The first-order chi connectivity index (χ1) is 10.3. The van der Waals surface area contributed by atoms with Gasteiger partial charge in [0, 0.05) is 36.9 Å². The Morgan fingerprint density at radius 2 is 2.00 bits per heavy atom. The lowest BCUT2D eigenvalue weighted by atomic mass is 10.1. The standard InChI is InChI=1S/C16H18N2O3S/c1-4-12-11-17-9-8-15(12)16(19)18(2)13-6-5-7-14(10-13)22(3,20)21/h5-11H,4H2,1-3H3. The van der Waals surface area contributed by atoms with E-state index in [9.17, 15) is 13.2 Å². The quantitative estimate of drug-likeness (QED) is 0.867. The molecule has 0 saturated heterocycles. The molecule has 0 spiro atoms. The minimum Gasteiger partial charge on any atom is -0.311 e. The van der Waals surface area contributed by atoms with Gasteiger partial charge in [-0.3, -0.25) is 9.78 Å². The Hall–Kier alpha value is -2.21. The number of pyridine rings is 1. The summed E-state index contributed by atoms with van der Waals surface area (Å²) in [5, 5.41) is 0. The van der Waals surface area contributed by atoms with E-state index in [4.69, 9.17) is 0 Å². The normalized spacial score (nSPS) is 11.2. The molecule has 0 fully saturated rings. The second-order valence-electron chi connectivity index (χ2n) is 5.02. The van der Waals surface area contributed by atoms with E-state index in [1.165, 1.54) is 17.0 Å². The summed E-state index contributed by atoms with van der Waals surface area (Å²) in [6.45, 7) is 1.96. The molecule has 0 aliphatic rings. The summed E-state index contributed by atoms with van der Waals surface area (Å²) in [5.41, 5.74) is 1.97. The predicted molar refractivity (Wildman–Crippen MR) is 85.9 cm³/mol. The van der Waals surface area contributed by atoms with Crippen LogP contribution >= 0.6 is 0 Å². The Balaban J connectivity index is 2.40. The van der Waals surface area contributed by atoms with Crippen LogP contribution in [0, 0.1) is 0 Å². The highest BCUT2D eigenvalue weighted by atomic mass is 32.2. The van der Waals surface area contributed by atoms with E-state index in [1.54, 1.807) is 37.6 Å². The molecule has 2 aromatic rings. The Morgan fingerprint density at radius 1 is 1.27 bits per heavy atom. The number of amides is 1. The number of carbonyl (C=O) groups is 1. The van der Waals surface area contributed by atoms with Crippen LogP contribution in [0.25, 0.3) is 0 Å². The molecule has 0 unspecified atom stereocenters. The molecule has 1 heterocycles. The van der Waals surface area contributed by atoms with E-state index < -0.39 is 9.84 Å². The molecular weight excluding hydrogens is 300 g/mol. The molecule has 1 aromatic heterocycles. The van der Waals surface area contributed by atoms with Crippen molar-refractivity contribution in [2.75, 3.05) is 18.2 Å². The van der Waals surface area contributed by atoms with Crippen LogP contribution in [0.4, 0.5) is 5.69 Å². The SMILES string of the molecule is CCc1cnccc1C(=O)N(C)c1cccc(S(C)(=O)=O)c1. The van der Waals surface area contributed by atoms with E-state index in [0.29, 0.717) is 17.7 Å². The minimum atomic E-state index is -3.31. The van der Waals surface area contributed by atoms with Gasteiger partial charge in [-0.15, -0.1) is 0 Å². The fourth-order valence-electron chi connectivity index (χ4n) is 2.14. The molecule has 0 atom stereocenters. The zero-order valence-electron chi connectivity index (χ0n) is 12.8. The first-order valence-corrected chi connectivity index (χ1v) is 8.74. The highest BCUT2D eigenvalue weighted by Gasteiger charge is 2.18. The highest BCUT2D eigenvalue weighted by molar-refractivity contribution is 7.90. The first-order valence-electron chi connectivity index (χ1n) is 6.85. The average molecular weight is 318 g/mol. The number of benzene rings is 1. The Bertz CT molecular complexity index is 801. The second kappa shape index (κ2) is 6.27. The van der Waals surface area contributed by atoms with Gasteiger partial charge in [0.25, 0.3) is 5.91 Å². The van der Waals surface area contributed by atoms with Crippen molar-refractivity contribution >= 4 is 21.4 Å². The molecule has 5 nitrogen and oxygen atoms in total. The number of hydrogen-bond acceptors (Lipinski definition) is 4. The number of sulfone groups is 1. The van der Waals surface area contributed by atoms with Crippen molar-refractivity contribution in [3.05, 3.63) is 53.9 Å². The largest absolute Gasteiger partial charge is 0.311 e. The molecule has 0 aliphatic heterocycles. The molecule has 116 valence electrons. The van der Waals surface area contributed by atoms with Crippen LogP contribution in [0.3, 0.4) is 0 Å². The number of aryl methyl sites for hydroxylation is 1. The number of rotatable bonds is 4. The van der Waals surface area contributed by atoms with Gasteiger partial charge in [-0.05, 0) is 36.2 Å². The van der Waals surface area contributed by atoms with Crippen LogP contribution in [0.15, 0.2) is 47.6 Å². The van der Waals surface area contributed by atoms with Crippen molar-refractivity contribution in [3.63, 3.8) is 0 Å². The van der Waals surface area contributed by atoms with Crippen LogP contribution in [0.5, 0.6) is 0 Å². The molecule has 0 radical (unpaired) electrons. The van der Waals surface area contributed by atoms with Crippen molar-refractivity contribution in [3.8, 4) is 0 Å². The third-order valence-electron chi connectivity index (χ3n) is 3.45. The molecule has 1 amide bonds. The molecule has 2 rings (SSSR count). The maximum atomic E-state index is 12.6. The van der Waals surface area contributed by atoms with Gasteiger partial charge in [0.05, 0.1) is 4.90 Å². The van der Waals surface area contributed by atoms with Gasteiger partial charge >= 0.3 is 0 Å². The molecule has 0 saturated carbocycles. The summed E-state index contributed by atoms with van der Waals surface area (Å²) >= 11 is 0. The summed E-state index contributed by atoms with van der Waals surface area (Å²) in [7, 11) is -1.68. The van der Waals surface area contributed by atoms with Crippen molar-refractivity contribution in [1.29, 1.82) is 0 Å². The van der Waals surface area contributed by atoms with Gasteiger partial charge in [0.2, 0.25) is 0 Å². The van der Waals surface area contributed by atoms with E-state index in [1.807, 2.05) is 6.92 Å². The van der Waals surface area contributed by atoms with Crippen molar-refractivity contribution < 1.29 is 13.2 Å². The molecule has 0 N–H and O–H groups in total. The number of hydrogen-bond donors (Lipinski definition) is 0. The van der Waals surface area contributed by atoms with E-state index >= 15 is 0 Å². The third kappa shape index (κ3) is 3.33. The van der Waals surface area contributed by atoms with Gasteiger partial charge in [-0.1, -0.05) is 13.0 Å². The molecular formula is C16H18N2O3S. The second-order valence-corrected chi connectivity index (χ2v) is 7.04. The number of anilines is 1. The van der Waals surface area contributed by atoms with Crippen LogP contribution < -0.4 is 4.90 Å². The lowest BCUT2D eigenvalue weighted by molar-refractivity contribution is 0.0992. The minimum absolute atomic E-state index is 0.190. The van der Waals surface area contributed by atoms with Gasteiger partial charge in [-0.2, -0.15) is 0 Å². The maximum Gasteiger partial charge on any atom is 0.258 e. The van der Waals surface area contributed by atoms with Crippen LogP contribution in [-0.4, -0.2) is 32.6 Å². The zero-order valence-corrected chi connectivity index (χ0v) is 13.6. The van der Waals surface area contributed by atoms with Crippen LogP contribution in [-0.2, 0) is 16.3 Å². The van der Waals surface area contributed by atoms with E-state index in [2.05, 4.69) is 4.98 Å². The Morgan fingerprint density at radius 3 is 2.64 bits per heavy atom. The lowest BCUT2D eigenvalue weighted by Crippen LogP contribution is -2.27. The Labute approximate surface area is 130 Å². The molecule has 6 heteroatoms. The number of carbonyl (C=O) groups excluding carboxylic acids is 1. The maximum absolute atomic E-state index is 12.6. The molecule has 1 aromatic carbocycles. The van der Waals surface area contributed by atoms with E-state index in [-0.39, 0.29) is 10.8 Å². The summed E-state index contributed by atoms with van der Waals surface area (Å²) in [5.74, 6) is -0.190. The lowest BCUT2D eigenvalue weighted by Gasteiger charge is -2.19. The fraction of sp³-hybridized carbons (Fsp3) is 0.250. The fourth-order valence-corrected chi connectivity index (χ4v) is 2.80. The van der Waals surface area contributed by atoms with Crippen molar-refractivity contribution in [2.24, 2.45) is 0 Å². The zero-order chi connectivity index (χ0) is 16.3. The van der Waals surface area contributed by atoms with Gasteiger partial charge in [-0.25, -0.2) is 8.42 Å². The number of aromatic nitrogens is 1. The summed E-state index contributed by atoms with van der Waals surface area (Å²) in [4.78, 5) is 18.3. The summed E-state index contributed by atoms with van der Waals surface area (Å²) < 4.78 is 23.3. The highest BCUT2D eigenvalue weighted by Crippen LogP contribution is 2.21. The Kier molecular flexibility index (Phi) is 4.61. The van der Waals surface area contributed by atoms with Crippen LogP contribution in [0.2, 0.25) is 0 Å². The molecule has 22 heavy (non-hydrogen) atoms. The average Bonchev–Trinajstić information content (AvgIpc) is 2.52. The monoisotopic (exact) mass is 318 g/mol. The van der Waals surface area contributed by atoms with Crippen LogP contribution in [0.1, 0.15) is 22.8 Å². The summed E-state index contributed by atoms with van der Waals surface area (Å²) in [6.07, 6.45) is 5.10.